The maximum Gasteiger partial charge on any atom is 0.319 e. The van der Waals surface area contributed by atoms with Gasteiger partial charge in [0.1, 0.15) is 11.2 Å². The Kier molecular flexibility index (Phi) is 2.91. The number of hydrogen-bond donors (Lipinski definition) is 2. The Bertz CT molecular complexity index is 499. The quantitative estimate of drug-likeness (QED) is 0.843. The van der Waals surface area contributed by atoms with Gasteiger partial charge in [0.25, 0.3) is 0 Å². The van der Waals surface area contributed by atoms with Gasteiger partial charge in [0.15, 0.2) is 0 Å². The predicted molar refractivity (Wildman–Crippen MR) is 62.0 cm³/mol. The molecule has 0 unspecified atom stereocenters. The van der Waals surface area contributed by atoms with Crippen LogP contribution in [0.1, 0.15) is 12.8 Å². The summed E-state index contributed by atoms with van der Waals surface area (Å²) in [6.45, 7) is 0. The van der Waals surface area contributed by atoms with E-state index in [0.29, 0.717) is 17.3 Å². The van der Waals surface area contributed by atoms with Crippen LogP contribution in [0.15, 0.2) is 22.7 Å². The number of rotatable bonds is 3. The van der Waals surface area contributed by atoms with E-state index in [4.69, 9.17) is 5.11 Å². The maximum atomic E-state index is 13.4. The van der Waals surface area contributed by atoms with Gasteiger partial charge >= 0.3 is 5.97 Å². The summed E-state index contributed by atoms with van der Waals surface area (Å²) in [4.78, 5) is 22.6. The van der Waals surface area contributed by atoms with Crippen LogP contribution in [0.2, 0.25) is 0 Å². The number of benzene rings is 1. The van der Waals surface area contributed by atoms with Crippen molar-refractivity contribution in [1.29, 1.82) is 0 Å². The lowest BCUT2D eigenvalue weighted by atomic mass is 10.1. The molecule has 1 amide bonds. The van der Waals surface area contributed by atoms with Gasteiger partial charge in [-0.25, -0.2) is 4.39 Å². The molecule has 1 aliphatic rings. The molecule has 0 atom stereocenters. The summed E-state index contributed by atoms with van der Waals surface area (Å²) < 4.78 is 14.0. The number of carboxylic acids is 1. The van der Waals surface area contributed by atoms with Crippen LogP contribution in [0.3, 0.4) is 0 Å². The van der Waals surface area contributed by atoms with E-state index in [1.807, 2.05) is 0 Å². The number of carboxylic acid groups (broad SMARTS) is 1. The second kappa shape index (κ2) is 4.10. The van der Waals surface area contributed by atoms with E-state index in [2.05, 4.69) is 21.2 Å². The average Bonchev–Trinajstić information content (AvgIpc) is 3.04. The zero-order valence-electron chi connectivity index (χ0n) is 8.67. The summed E-state index contributed by atoms with van der Waals surface area (Å²) in [5.41, 5.74) is -1.38. The van der Waals surface area contributed by atoms with E-state index in [9.17, 15) is 14.0 Å². The third-order valence-corrected chi connectivity index (χ3v) is 3.26. The minimum Gasteiger partial charge on any atom is -0.480 e. The van der Waals surface area contributed by atoms with Crippen LogP contribution in [0.4, 0.5) is 10.1 Å². The lowest BCUT2D eigenvalue weighted by Crippen LogP contribution is -2.31. The first-order chi connectivity index (χ1) is 7.95. The molecule has 0 heterocycles. The molecule has 6 heteroatoms. The summed E-state index contributed by atoms with van der Waals surface area (Å²) in [7, 11) is 0. The van der Waals surface area contributed by atoms with Crippen molar-refractivity contribution in [3.63, 3.8) is 0 Å². The molecule has 0 aliphatic heterocycles. The molecular formula is C11H9BrFNO3. The Morgan fingerprint density at radius 1 is 1.41 bits per heavy atom. The molecule has 1 fully saturated rings. The topological polar surface area (TPSA) is 66.4 Å². The molecule has 1 aliphatic carbocycles. The van der Waals surface area contributed by atoms with Gasteiger partial charge in [-0.3, -0.25) is 9.59 Å². The molecule has 4 nitrogen and oxygen atoms in total. The van der Waals surface area contributed by atoms with Crippen LogP contribution in [-0.2, 0) is 9.59 Å². The molecule has 17 heavy (non-hydrogen) atoms. The van der Waals surface area contributed by atoms with E-state index in [-0.39, 0.29) is 5.69 Å². The van der Waals surface area contributed by atoms with Gasteiger partial charge in [-0.15, -0.1) is 0 Å². The van der Waals surface area contributed by atoms with Crippen molar-refractivity contribution < 1.29 is 19.1 Å². The highest BCUT2D eigenvalue weighted by atomic mass is 79.9. The highest BCUT2D eigenvalue weighted by molar-refractivity contribution is 9.10. The predicted octanol–water partition coefficient (Wildman–Crippen LogP) is 2.39. The zero-order chi connectivity index (χ0) is 12.6. The van der Waals surface area contributed by atoms with Crippen LogP contribution in [0.25, 0.3) is 0 Å². The third-order valence-electron chi connectivity index (χ3n) is 2.77. The SMILES string of the molecule is O=C(O)C1(C(=O)Nc2cc(Br)ccc2F)CC1. The second-order valence-corrected chi connectivity index (χ2v) is 4.88. The summed E-state index contributed by atoms with van der Waals surface area (Å²) in [6, 6.07) is 4.08. The summed E-state index contributed by atoms with van der Waals surface area (Å²) in [5.74, 6) is -2.42. The van der Waals surface area contributed by atoms with E-state index in [1.165, 1.54) is 18.2 Å². The molecule has 0 bridgehead atoms. The Morgan fingerprint density at radius 2 is 2.06 bits per heavy atom. The average molecular weight is 302 g/mol. The van der Waals surface area contributed by atoms with E-state index in [1.54, 1.807) is 0 Å². The van der Waals surface area contributed by atoms with Crippen molar-refractivity contribution >= 4 is 33.5 Å². The number of nitrogens with one attached hydrogen (secondary N) is 1. The highest BCUT2D eigenvalue weighted by Gasteiger charge is 2.57. The fraction of sp³-hybridized carbons (Fsp3) is 0.273. The minimum atomic E-state index is -1.37. The molecule has 1 aromatic carbocycles. The van der Waals surface area contributed by atoms with Crippen LogP contribution >= 0.6 is 15.9 Å². The van der Waals surface area contributed by atoms with Crippen molar-refractivity contribution in [3.8, 4) is 0 Å². The molecule has 0 spiro atoms. The highest BCUT2D eigenvalue weighted by Crippen LogP contribution is 2.46. The number of hydrogen-bond acceptors (Lipinski definition) is 2. The number of carbonyl (C=O) groups excluding carboxylic acids is 1. The third kappa shape index (κ3) is 2.17. The maximum absolute atomic E-state index is 13.4. The molecule has 1 saturated carbocycles. The second-order valence-electron chi connectivity index (χ2n) is 3.97. The lowest BCUT2D eigenvalue weighted by Gasteiger charge is -2.11. The first-order valence-electron chi connectivity index (χ1n) is 4.95. The first kappa shape index (κ1) is 12.0. The fourth-order valence-electron chi connectivity index (χ4n) is 1.50. The van der Waals surface area contributed by atoms with Gasteiger partial charge in [-0.1, -0.05) is 15.9 Å². The van der Waals surface area contributed by atoms with Gasteiger partial charge in [0.2, 0.25) is 5.91 Å². The molecule has 2 N–H and O–H groups in total. The first-order valence-corrected chi connectivity index (χ1v) is 5.75. The normalized spacial score (nSPS) is 16.4. The van der Waals surface area contributed by atoms with Crippen LogP contribution in [0.5, 0.6) is 0 Å². The van der Waals surface area contributed by atoms with Crippen LogP contribution in [0, 0.1) is 11.2 Å². The Hall–Kier alpha value is -1.43. The standard InChI is InChI=1S/C11H9BrFNO3/c12-6-1-2-7(13)8(5-6)14-9(15)11(3-4-11)10(16)17/h1-2,5H,3-4H2,(H,14,15)(H,16,17). The Morgan fingerprint density at radius 3 is 2.59 bits per heavy atom. The molecule has 0 radical (unpaired) electrons. The largest absolute Gasteiger partial charge is 0.480 e. The molecule has 1 aromatic rings. The molecule has 90 valence electrons. The molecule has 0 aromatic heterocycles. The molecule has 2 rings (SSSR count). The van der Waals surface area contributed by atoms with Gasteiger partial charge in [0, 0.05) is 4.47 Å². The molecule has 0 saturated heterocycles. The number of carbonyl (C=O) groups is 2. The van der Waals surface area contributed by atoms with E-state index < -0.39 is 23.1 Å². The van der Waals surface area contributed by atoms with Crippen molar-refractivity contribution in [2.75, 3.05) is 5.32 Å². The molecular weight excluding hydrogens is 293 g/mol. The van der Waals surface area contributed by atoms with Gasteiger partial charge < -0.3 is 10.4 Å². The minimum absolute atomic E-state index is 0.0168. The van der Waals surface area contributed by atoms with E-state index in [0.717, 1.165) is 0 Å². The lowest BCUT2D eigenvalue weighted by molar-refractivity contribution is -0.147. The number of anilines is 1. The Labute approximate surface area is 105 Å². The van der Waals surface area contributed by atoms with Crippen LogP contribution in [-0.4, -0.2) is 17.0 Å². The van der Waals surface area contributed by atoms with Crippen LogP contribution < -0.4 is 5.32 Å². The van der Waals surface area contributed by atoms with Gasteiger partial charge in [-0.2, -0.15) is 0 Å². The number of aliphatic carboxylic acids is 1. The van der Waals surface area contributed by atoms with Crippen molar-refractivity contribution in [3.05, 3.63) is 28.5 Å². The Balaban J connectivity index is 2.19. The van der Waals surface area contributed by atoms with Gasteiger partial charge in [-0.05, 0) is 31.0 Å². The summed E-state index contributed by atoms with van der Waals surface area (Å²) in [5, 5.41) is 11.2. The monoisotopic (exact) mass is 301 g/mol. The van der Waals surface area contributed by atoms with E-state index >= 15 is 0 Å². The smallest absolute Gasteiger partial charge is 0.319 e. The van der Waals surface area contributed by atoms with Crippen molar-refractivity contribution in [2.45, 2.75) is 12.8 Å². The number of halogens is 2. The number of amides is 1. The van der Waals surface area contributed by atoms with Crippen molar-refractivity contribution in [2.24, 2.45) is 5.41 Å². The van der Waals surface area contributed by atoms with Crippen molar-refractivity contribution in [1.82, 2.24) is 0 Å². The van der Waals surface area contributed by atoms with Gasteiger partial charge in [0.05, 0.1) is 5.69 Å². The summed E-state index contributed by atoms with van der Waals surface area (Å²) in [6.07, 6.45) is 0.591. The summed E-state index contributed by atoms with van der Waals surface area (Å²) >= 11 is 3.15. The zero-order valence-corrected chi connectivity index (χ0v) is 10.3. The fourth-order valence-corrected chi connectivity index (χ4v) is 1.86.